The van der Waals surface area contributed by atoms with Crippen molar-refractivity contribution >= 4 is 17.6 Å². The van der Waals surface area contributed by atoms with E-state index in [9.17, 15) is 4.79 Å². The van der Waals surface area contributed by atoms with E-state index in [4.69, 9.17) is 0 Å². The molecular weight excluding hydrogens is 326 g/mol. The predicted octanol–water partition coefficient (Wildman–Crippen LogP) is 2.57. The summed E-state index contributed by atoms with van der Waals surface area (Å²) >= 11 is 0. The number of aliphatic imine (C=N–C) groups is 1. The first-order chi connectivity index (χ1) is 12.7. The number of guanidine groups is 1. The van der Waals surface area contributed by atoms with E-state index in [1.165, 1.54) is 0 Å². The minimum absolute atomic E-state index is 0.0570. The first-order valence-electron chi connectivity index (χ1n) is 8.98. The molecule has 1 aromatic carbocycles. The highest BCUT2D eigenvalue weighted by molar-refractivity contribution is 5.94. The van der Waals surface area contributed by atoms with E-state index >= 15 is 0 Å². The van der Waals surface area contributed by atoms with Gasteiger partial charge in [0, 0.05) is 37.3 Å². The maximum Gasteiger partial charge on any atom is 0.225 e. The summed E-state index contributed by atoms with van der Waals surface area (Å²) in [5.74, 6) is 0.919. The fraction of sp³-hybridized carbons (Fsp3) is 0.350. The third-order valence-electron chi connectivity index (χ3n) is 4.47. The molecule has 136 valence electrons. The molecule has 1 aliphatic heterocycles. The van der Waals surface area contributed by atoms with Crippen LogP contribution in [0.15, 0.2) is 47.6 Å². The lowest BCUT2D eigenvalue weighted by molar-refractivity contribution is -0.116. The minimum Gasteiger partial charge on any atom is -0.357 e. The van der Waals surface area contributed by atoms with Gasteiger partial charge < -0.3 is 16.0 Å². The van der Waals surface area contributed by atoms with Crippen molar-refractivity contribution in [1.29, 1.82) is 0 Å². The van der Waals surface area contributed by atoms with E-state index in [0.29, 0.717) is 19.5 Å². The van der Waals surface area contributed by atoms with Crippen molar-refractivity contribution in [2.24, 2.45) is 4.99 Å². The number of anilines is 1. The van der Waals surface area contributed by atoms with Crippen LogP contribution in [0.3, 0.4) is 0 Å². The molecule has 0 aliphatic carbocycles. The summed E-state index contributed by atoms with van der Waals surface area (Å²) in [4.78, 5) is 21.0. The van der Waals surface area contributed by atoms with Crippen LogP contribution in [0.5, 0.6) is 0 Å². The molecule has 0 fully saturated rings. The van der Waals surface area contributed by atoms with Crippen molar-refractivity contribution in [3.8, 4) is 0 Å². The van der Waals surface area contributed by atoms with Gasteiger partial charge in [0.25, 0.3) is 0 Å². The number of benzene rings is 1. The van der Waals surface area contributed by atoms with Crippen LogP contribution in [0, 0.1) is 6.92 Å². The predicted molar refractivity (Wildman–Crippen MR) is 104 cm³/mol. The Morgan fingerprint density at radius 2 is 2.12 bits per heavy atom. The SMILES string of the molecule is CCNC(=NCc1ncccc1C)NCC1CC(=O)Nc2ccccc21. The summed E-state index contributed by atoms with van der Waals surface area (Å²) in [5, 5.41) is 9.56. The lowest BCUT2D eigenvalue weighted by Crippen LogP contribution is -2.40. The molecule has 3 rings (SSSR count). The molecule has 2 heterocycles. The highest BCUT2D eigenvalue weighted by Crippen LogP contribution is 2.31. The van der Waals surface area contributed by atoms with E-state index in [1.54, 1.807) is 6.20 Å². The van der Waals surface area contributed by atoms with E-state index in [1.807, 2.05) is 44.2 Å². The maximum absolute atomic E-state index is 12.0. The Morgan fingerprint density at radius 3 is 2.92 bits per heavy atom. The molecule has 0 saturated carbocycles. The van der Waals surface area contributed by atoms with Crippen molar-refractivity contribution in [1.82, 2.24) is 15.6 Å². The monoisotopic (exact) mass is 351 g/mol. The normalized spacial score (nSPS) is 16.6. The van der Waals surface area contributed by atoms with Crippen LogP contribution in [0.1, 0.15) is 36.1 Å². The van der Waals surface area contributed by atoms with Gasteiger partial charge in [0.2, 0.25) is 5.91 Å². The van der Waals surface area contributed by atoms with E-state index in [0.717, 1.165) is 35.0 Å². The molecule has 1 amide bonds. The van der Waals surface area contributed by atoms with Gasteiger partial charge in [-0.3, -0.25) is 9.78 Å². The van der Waals surface area contributed by atoms with Crippen molar-refractivity contribution in [2.75, 3.05) is 18.4 Å². The maximum atomic E-state index is 12.0. The Bertz CT molecular complexity index is 802. The smallest absolute Gasteiger partial charge is 0.225 e. The van der Waals surface area contributed by atoms with Crippen LogP contribution in [0.25, 0.3) is 0 Å². The number of rotatable bonds is 5. The molecule has 1 unspecified atom stereocenters. The number of pyridine rings is 1. The molecule has 0 bridgehead atoms. The molecule has 6 heteroatoms. The van der Waals surface area contributed by atoms with Crippen LogP contribution in [-0.2, 0) is 11.3 Å². The number of nitrogens with one attached hydrogen (secondary N) is 3. The number of carbonyl (C=O) groups excluding carboxylic acids is 1. The van der Waals surface area contributed by atoms with Crippen LogP contribution >= 0.6 is 0 Å². The summed E-state index contributed by atoms with van der Waals surface area (Å²) in [6.45, 7) is 6.01. The fourth-order valence-electron chi connectivity index (χ4n) is 3.08. The number of carbonyl (C=O) groups is 1. The third-order valence-corrected chi connectivity index (χ3v) is 4.47. The number of para-hydroxylation sites is 1. The standard InChI is InChI=1S/C20H25N5O/c1-3-21-20(24-13-18-14(2)7-6-10-22-18)23-12-15-11-19(26)25-17-9-5-4-8-16(15)17/h4-10,15H,3,11-13H2,1-2H3,(H,25,26)(H2,21,23,24). The molecule has 3 N–H and O–H groups in total. The van der Waals surface area contributed by atoms with Crippen LogP contribution in [0.4, 0.5) is 5.69 Å². The van der Waals surface area contributed by atoms with Crippen LogP contribution in [-0.4, -0.2) is 29.9 Å². The van der Waals surface area contributed by atoms with Gasteiger partial charge in [-0.1, -0.05) is 24.3 Å². The van der Waals surface area contributed by atoms with Gasteiger partial charge in [0.1, 0.15) is 0 Å². The Labute approximate surface area is 154 Å². The van der Waals surface area contributed by atoms with Gasteiger partial charge in [-0.2, -0.15) is 0 Å². The second kappa shape index (κ2) is 8.47. The molecule has 26 heavy (non-hydrogen) atoms. The largest absolute Gasteiger partial charge is 0.357 e. The molecule has 0 spiro atoms. The Balaban J connectivity index is 1.68. The second-order valence-corrected chi connectivity index (χ2v) is 6.38. The fourth-order valence-corrected chi connectivity index (χ4v) is 3.08. The van der Waals surface area contributed by atoms with E-state index in [2.05, 4.69) is 32.0 Å². The van der Waals surface area contributed by atoms with Crippen molar-refractivity contribution in [3.05, 3.63) is 59.4 Å². The molecule has 1 atom stereocenters. The first kappa shape index (κ1) is 17.9. The molecule has 1 aliphatic rings. The minimum atomic E-state index is 0.0570. The molecule has 0 saturated heterocycles. The van der Waals surface area contributed by atoms with Crippen LogP contribution in [0.2, 0.25) is 0 Å². The van der Waals surface area contributed by atoms with Gasteiger partial charge in [0.05, 0.1) is 12.2 Å². The summed E-state index contributed by atoms with van der Waals surface area (Å²) in [7, 11) is 0. The van der Waals surface area contributed by atoms with Crippen molar-refractivity contribution in [3.63, 3.8) is 0 Å². The quantitative estimate of drug-likeness (QED) is 0.571. The molecule has 1 aromatic heterocycles. The van der Waals surface area contributed by atoms with Crippen LogP contribution < -0.4 is 16.0 Å². The van der Waals surface area contributed by atoms with Crippen molar-refractivity contribution < 1.29 is 4.79 Å². The second-order valence-electron chi connectivity index (χ2n) is 6.38. The Morgan fingerprint density at radius 1 is 1.27 bits per heavy atom. The van der Waals surface area contributed by atoms with E-state index in [-0.39, 0.29) is 11.8 Å². The Kier molecular flexibility index (Phi) is 5.84. The zero-order valence-corrected chi connectivity index (χ0v) is 15.2. The lowest BCUT2D eigenvalue weighted by atomic mass is 9.90. The van der Waals surface area contributed by atoms with Gasteiger partial charge in [-0.25, -0.2) is 4.99 Å². The molecule has 6 nitrogen and oxygen atoms in total. The summed E-state index contributed by atoms with van der Waals surface area (Å²) < 4.78 is 0. The number of hydrogen-bond donors (Lipinski definition) is 3. The number of nitrogens with zero attached hydrogens (tertiary/aromatic N) is 2. The number of aryl methyl sites for hydroxylation is 1. The number of amides is 1. The molecule has 0 radical (unpaired) electrons. The third kappa shape index (κ3) is 4.39. The average molecular weight is 351 g/mol. The van der Waals surface area contributed by atoms with Gasteiger partial charge in [-0.05, 0) is 37.1 Å². The Hall–Kier alpha value is -2.89. The van der Waals surface area contributed by atoms with Crippen molar-refractivity contribution in [2.45, 2.75) is 32.7 Å². The average Bonchev–Trinajstić information content (AvgIpc) is 2.64. The van der Waals surface area contributed by atoms with E-state index < -0.39 is 0 Å². The highest BCUT2D eigenvalue weighted by Gasteiger charge is 2.24. The summed E-state index contributed by atoms with van der Waals surface area (Å²) in [6, 6.07) is 11.9. The number of aromatic nitrogens is 1. The molecular formula is C20H25N5O. The zero-order chi connectivity index (χ0) is 18.4. The summed E-state index contributed by atoms with van der Waals surface area (Å²) in [6.07, 6.45) is 2.26. The van der Waals surface area contributed by atoms with Gasteiger partial charge in [-0.15, -0.1) is 0 Å². The molecule has 2 aromatic rings. The first-order valence-corrected chi connectivity index (χ1v) is 8.98. The summed E-state index contributed by atoms with van der Waals surface area (Å²) in [5.41, 5.74) is 4.16. The highest BCUT2D eigenvalue weighted by atomic mass is 16.1. The topological polar surface area (TPSA) is 78.4 Å². The zero-order valence-electron chi connectivity index (χ0n) is 15.2. The van der Waals surface area contributed by atoms with Gasteiger partial charge in [0.15, 0.2) is 5.96 Å². The lowest BCUT2D eigenvalue weighted by Gasteiger charge is -2.26. The van der Waals surface area contributed by atoms with Gasteiger partial charge >= 0.3 is 0 Å². The number of fused-ring (bicyclic) bond motifs is 1. The number of hydrogen-bond acceptors (Lipinski definition) is 3.